The zero-order valence-corrected chi connectivity index (χ0v) is 13.9. The van der Waals surface area contributed by atoms with Gasteiger partial charge in [0.25, 0.3) is 5.91 Å². The Hall–Kier alpha value is -3.19. The van der Waals surface area contributed by atoms with Crippen molar-refractivity contribution in [1.82, 2.24) is 15.5 Å². The molecular formula is C19H18FN3O3. The zero-order chi connectivity index (χ0) is 18.4. The molecule has 6 nitrogen and oxygen atoms in total. The van der Waals surface area contributed by atoms with Crippen LogP contribution in [0.5, 0.6) is 5.75 Å². The fraction of sp³-hybridized carbons (Fsp3) is 0.158. The maximum Gasteiger partial charge on any atom is 0.272 e. The Balaban J connectivity index is 1.60. The van der Waals surface area contributed by atoms with Crippen molar-refractivity contribution < 1.29 is 19.0 Å². The predicted molar refractivity (Wildman–Crippen MR) is 93.1 cm³/mol. The Labute approximate surface area is 149 Å². The quantitative estimate of drug-likeness (QED) is 0.608. The number of aromatic amines is 1. The summed E-state index contributed by atoms with van der Waals surface area (Å²) in [7, 11) is 0. The molecule has 0 unspecified atom stereocenters. The third-order valence-corrected chi connectivity index (χ3v) is 3.74. The summed E-state index contributed by atoms with van der Waals surface area (Å²) in [5.41, 5.74) is 1.55. The number of H-pyrrole nitrogens is 1. The van der Waals surface area contributed by atoms with Gasteiger partial charge in [-0.25, -0.2) is 4.39 Å². The number of aromatic nitrogens is 2. The van der Waals surface area contributed by atoms with E-state index in [4.69, 9.17) is 4.74 Å². The van der Waals surface area contributed by atoms with E-state index in [0.29, 0.717) is 11.4 Å². The number of rotatable bonds is 7. The number of ether oxygens (including phenoxy) is 1. The first-order valence-electron chi connectivity index (χ1n) is 8.05. The number of hydrogen-bond donors (Lipinski definition) is 3. The van der Waals surface area contributed by atoms with Crippen molar-refractivity contribution in [2.24, 2.45) is 0 Å². The van der Waals surface area contributed by atoms with Crippen LogP contribution in [0.3, 0.4) is 0 Å². The molecular weight excluding hydrogens is 337 g/mol. The number of benzene rings is 2. The van der Waals surface area contributed by atoms with Gasteiger partial charge in [-0.2, -0.15) is 5.10 Å². The van der Waals surface area contributed by atoms with E-state index in [1.54, 1.807) is 18.2 Å². The standard InChI is InChI=1S/C19H18FN3O3/c20-14-7-4-8-16(9-14)26-12-15-10-17(23-22-15)19(25)21-18(11-24)13-5-2-1-3-6-13/h1-10,18,24H,11-12H2,(H,21,25)(H,22,23)/t18-/m0/s1. The number of nitrogens with one attached hydrogen (secondary N) is 2. The molecule has 1 atom stereocenters. The Morgan fingerprint density at radius 1 is 1.19 bits per heavy atom. The first-order valence-corrected chi connectivity index (χ1v) is 8.05. The lowest BCUT2D eigenvalue weighted by molar-refractivity contribution is 0.0911. The van der Waals surface area contributed by atoms with Crippen molar-refractivity contribution in [2.45, 2.75) is 12.6 Å². The van der Waals surface area contributed by atoms with E-state index in [9.17, 15) is 14.3 Å². The molecule has 0 spiro atoms. The van der Waals surface area contributed by atoms with Crippen LogP contribution in [0.15, 0.2) is 60.7 Å². The average Bonchev–Trinajstić information content (AvgIpc) is 3.14. The number of aliphatic hydroxyl groups is 1. The third kappa shape index (κ3) is 4.46. The Kier molecular flexibility index (Phi) is 5.60. The van der Waals surface area contributed by atoms with Crippen LogP contribution >= 0.6 is 0 Å². The molecule has 0 saturated heterocycles. The molecule has 134 valence electrons. The van der Waals surface area contributed by atoms with Crippen LogP contribution in [0.25, 0.3) is 0 Å². The second-order valence-corrected chi connectivity index (χ2v) is 5.64. The van der Waals surface area contributed by atoms with E-state index in [1.165, 1.54) is 12.1 Å². The molecule has 26 heavy (non-hydrogen) atoms. The molecule has 0 fully saturated rings. The number of hydrogen-bond acceptors (Lipinski definition) is 4. The molecule has 1 aromatic heterocycles. The fourth-order valence-corrected chi connectivity index (χ4v) is 2.42. The average molecular weight is 355 g/mol. The van der Waals surface area contributed by atoms with E-state index in [1.807, 2.05) is 30.3 Å². The first-order chi connectivity index (χ1) is 12.7. The Morgan fingerprint density at radius 3 is 2.73 bits per heavy atom. The highest BCUT2D eigenvalue weighted by atomic mass is 19.1. The maximum absolute atomic E-state index is 13.1. The molecule has 3 rings (SSSR count). The van der Waals surface area contributed by atoms with Crippen LogP contribution in [-0.2, 0) is 6.61 Å². The van der Waals surface area contributed by atoms with Crippen LogP contribution in [0.1, 0.15) is 27.8 Å². The van der Waals surface area contributed by atoms with Crippen molar-refractivity contribution in [3.8, 4) is 5.75 Å². The summed E-state index contributed by atoms with van der Waals surface area (Å²) in [5, 5.41) is 18.9. The molecule has 1 amide bonds. The molecule has 0 radical (unpaired) electrons. The van der Waals surface area contributed by atoms with E-state index in [0.717, 1.165) is 5.56 Å². The Morgan fingerprint density at radius 2 is 2.00 bits per heavy atom. The summed E-state index contributed by atoms with van der Waals surface area (Å²) in [5.74, 6) is -0.417. The van der Waals surface area contributed by atoms with E-state index in [2.05, 4.69) is 15.5 Å². The highest BCUT2D eigenvalue weighted by molar-refractivity contribution is 5.92. The Bertz CT molecular complexity index is 867. The summed E-state index contributed by atoms with van der Waals surface area (Å²) in [6.07, 6.45) is 0. The van der Waals surface area contributed by atoms with Gasteiger partial charge in [-0.1, -0.05) is 36.4 Å². The zero-order valence-electron chi connectivity index (χ0n) is 13.9. The van der Waals surface area contributed by atoms with Crippen molar-refractivity contribution in [3.05, 3.63) is 83.4 Å². The summed E-state index contributed by atoms with van der Waals surface area (Å²) in [6.45, 7) is -0.110. The van der Waals surface area contributed by atoms with Gasteiger partial charge in [0.05, 0.1) is 18.3 Å². The van der Waals surface area contributed by atoms with Crippen LogP contribution in [0, 0.1) is 5.82 Å². The summed E-state index contributed by atoms with van der Waals surface area (Å²) >= 11 is 0. The summed E-state index contributed by atoms with van der Waals surface area (Å²) < 4.78 is 18.6. The lowest BCUT2D eigenvalue weighted by Gasteiger charge is -2.15. The van der Waals surface area contributed by atoms with E-state index in [-0.39, 0.29) is 24.7 Å². The molecule has 0 aliphatic heterocycles. The van der Waals surface area contributed by atoms with Gasteiger partial charge >= 0.3 is 0 Å². The van der Waals surface area contributed by atoms with Gasteiger partial charge in [0.2, 0.25) is 0 Å². The molecule has 3 aromatic rings. The van der Waals surface area contributed by atoms with E-state index >= 15 is 0 Å². The smallest absolute Gasteiger partial charge is 0.272 e. The molecule has 0 aliphatic carbocycles. The molecule has 2 aromatic carbocycles. The molecule has 0 aliphatic rings. The van der Waals surface area contributed by atoms with Gasteiger partial charge in [0.1, 0.15) is 23.9 Å². The molecule has 7 heteroatoms. The second kappa shape index (κ2) is 8.26. The third-order valence-electron chi connectivity index (χ3n) is 3.74. The van der Waals surface area contributed by atoms with Crippen molar-refractivity contribution >= 4 is 5.91 Å². The van der Waals surface area contributed by atoms with Crippen LogP contribution in [-0.4, -0.2) is 27.8 Å². The predicted octanol–water partition coefficient (Wildman–Crippen LogP) is 2.59. The number of carbonyl (C=O) groups is 1. The number of carbonyl (C=O) groups excluding carboxylic acids is 1. The van der Waals surface area contributed by atoms with Gasteiger partial charge in [-0.05, 0) is 23.8 Å². The minimum Gasteiger partial charge on any atom is -0.487 e. The number of halogens is 1. The molecule has 0 bridgehead atoms. The monoisotopic (exact) mass is 355 g/mol. The topological polar surface area (TPSA) is 87.2 Å². The highest BCUT2D eigenvalue weighted by Gasteiger charge is 2.17. The van der Waals surface area contributed by atoms with Gasteiger partial charge in [-0.15, -0.1) is 0 Å². The number of amides is 1. The van der Waals surface area contributed by atoms with Crippen molar-refractivity contribution in [2.75, 3.05) is 6.61 Å². The molecule has 1 heterocycles. The van der Waals surface area contributed by atoms with E-state index < -0.39 is 11.9 Å². The normalized spacial score (nSPS) is 11.8. The van der Waals surface area contributed by atoms with Crippen LogP contribution in [0.4, 0.5) is 4.39 Å². The highest BCUT2D eigenvalue weighted by Crippen LogP contribution is 2.15. The lowest BCUT2D eigenvalue weighted by Crippen LogP contribution is -2.31. The maximum atomic E-state index is 13.1. The summed E-state index contributed by atoms with van der Waals surface area (Å²) in [6, 6.07) is 16.0. The van der Waals surface area contributed by atoms with Crippen LogP contribution in [0.2, 0.25) is 0 Å². The minimum atomic E-state index is -0.521. The SMILES string of the molecule is O=C(N[C@@H](CO)c1ccccc1)c1cc(COc2cccc(F)c2)[nH]n1. The largest absolute Gasteiger partial charge is 0.487 e. The molecule has 3 N–H and O–H groups in total. The van der Waals surface area contributed by atoms with Crippen molar-refractivity contribution in [3.63, 3.8) is 0 Å². The minimum absolute atomic E-state index is 0.117. The lowest BCUT2D eigenvalue weighted by atomic mass is 10.1. The summed E-state index contributed by atoms with van der Waals surface area (Å²) in [4.78, 5) is 12.3. The first kappa shape index (κ1) is 17.6. The van der Waals surface area contributed by atoms with Gasteiger partial charge in [-0.3, -0.25) is 9.89 Å². The van der Waals surface area contributed by atoms with Crippen molar-refractivity contribution in [1.29, 1.82) is 0 Å². The van der Waals surface area contributed by atoms with Crippen LogP contribution < -0.4 is 10.1 Å². The number of nitrogens with zero attached hydrogens (tertiary/aromatic N) is 1. The van der Waals surface area contributed by atoms with Gasteiger partial charge in [0, 0.05) is 6.07 Å². The van der Waals surface area contributed by atoms with Gasteiger partial charge in [0.15, 0.2) is 0 Å². The fourth-order valence-electron chi connectivity index (χ4n) is 2.42. The number of aliphatic hydroxyl groups excluding tert-OH is 1. The second-order valence-electron chi connectivity index (χ2n) is 5.64. The molecule has 0 saturated carbocycles. The van der Waals surface area contributed by atoms with Gasteiger partial charge < -0.3 is 15.2 Å².